The van der Waals surface area contributed by atoms with E-state index in [2.05, 4.69) is 20.7 Å². The first-order chi connectivity index (χ1) is 5.19. The van der Waals surface area contributed by atoms with Crippen LogP contribution in [0.4, 0.5) is 0 Å². The lowest BCUT2D eigenvalue weighted by atomic mass is 10.0. The Hall–Kier alpha value is -0.0900. The van der Waals surface area contributed by atoms with E-state index in [1.165, 1.54) is 0 Å². The summed E-state index contributed by atoms with van der Waals surface area (Å²) in [4.78, 5) is 11.0. The first-order valence-electron chi connectivity index (χ1n) is 3.37. The van der Waals surface area contributed by atoms with Crippen molar-refractivity contribution >= 4 is 21.9 Å². The van der Waals surface area contributed by atoms with E-state index in [0.29, 0.717) is 26.1 Å². The molecular weight excluding hydrogens is 212 g/mol. The molecule has 1 fully saturated rings. The standard InChI is InChI=1S/C7H9BrO3/c1-10-6(9)7(8)2-4-11-5-3-7/h1H,2-5H2. The third kappa shape index (κ3) is 1.93. The van der Waals surface area contributed by atoms with Gasteiger partial charge in [-0.3, -0.25) is 4.79 Å². The van der Waals surface area contributed by atoms with Gasteiger partial charge in [0.15, 0.2) is 7.11 Å². The van der Waals surface area contributed by atoms with Gasteiger partial charge in [-0.2, -0.15) is 0 Å². The Morgan fingerprint density at radius 1 is 1.55 bits per heavy atom. The number of rotatable bonds is 1. The van der Waals surface area contributed by atoms with Crippen molar-refractivity contribution in [3.8, 4) is 0 Å². The summed E-state index contributed by atoms with van der Waals surface area (Å²) in [5.41, 5.74) is 0. The van der Waals surface area contributed by atoms with Crippen LogP contribution in [0.15, 0.2) is 0 Å². The molecule has 0 spiro atoms. The van der Waals surface area contributed by atoms with Gasteiger partial charge in [-0.1, -0.05) is 15.9 Å². The molecule has 0 atom stereocenters. The highest BCUT2D eigenvalue weighted by atomic mass is 79.9. The molecule has 4 heteroatoms. The summed E-state index contributed by atoms with van der Waals surface area (Å²) in [5.74, 6) is -0.416. The van der Waals surface area contributed by atoms with Crippen molar-refractivity contribution in [2.45, 2.75) is 17.2 Å². The second kappa shape index (κ2) is 3.54. The summed E-state index contributed by atoms with van der Waals surface area (Å²) in [6, 6.07) is 0. The van der Waals surface area contributed by atoms with Crippen molar-refractivity contribution in [1.82, 2.24) is 0 Å². The predicted octanol–water partition coefficient (Wildman–Crippen LogP) is 1.14. The summed E-state index contributed by atoms with van der Waals surface area (Å²) in [6.45, 7) is 1.14. The van der Waals surface area contributed by atoms with Gasteiger partial charge in [0.1, 0.15) is 4.32 Å². The normalized spacial score (nSPS) is 22.7. The maximum atomic E-state index is 11.0. The van der Waals surface area contributed by atoms with Gasteiger partial charge in [0.25, 0.3) is 0 Å². The second-order valence-corrected chi connectivity index (χ2v) is 4.00. The molecule has 0 aromatic rings. The minimum atomic E-state index is -0.611. The van der Waals surface area contributed by atoms with Crippen molar-refractivity contribution in [2.75, 3.05) is 13.2 Å². The van der Waals surface area contributed by atoms with Gasteiger partial charge in [0.05, 0.1) is 0 Å². The van der Waals surface area contributed by atoms with Crippen LogP contribution in [0.5, 0.6) is 0 Å². The van der Waals surface area contributed by atoms with Crippen molar-refractivity contribution in [3.63, 3.8) is 0 Å². The number of carbonyl (C=O) groups is 1. The minimum absolute atomic E-state index is 0.416. The van der Waals surface area contributed by atoms with Crippen LogP contribution in [0, 0.1) is 7.11 Å². The Kier molecular flexibility index (Phi) is 2.90. The smallest absolute Gasteiger partial charge is 0.323 e. The second-order valence-electron chi connectivity index (χ2n) is 2.48. The molecular formula is C7H9BrO3. The van der Waals surface area contributed by atoms with Crippen molar-refractivity contribution in [1.29, 1.82) is 0 Å². The largest absolute Gasteiger partial charge is 0.453 e. The molecule has 1 rings (SSSR count). The quantitative estimate of drug-likeness (QED) is 0.492. The molecule has 0 N–H and O–H groups in total. The maximum absolute atomic E-state index is 11.0. The van der Waals surface area contributed by atoms with Crippen LogP contribution < -0.4 is 0 Å². The molecule has 0 bridgehead atoms. The fourth-order valence-electron chi connectivity index (χ4n) is 1.00. The minimum Gasteiger partial charge on any atom is -0.453 e. The number of ether oxygens (including phenoxy) is 2. The molecule has 1 aliphatic heterocycles. The molecule has 62 valence electrons. The van der Waals surface area contributed by atoms with E-state index in [0.717, 1.165) is 0 Å². The summed E-state index contributed by atoms with van der Waals surface area (Å²) in [6.07, 6.45) is 1.23. The fourth-order valence-corrected chi connectivity index (χ4v) is 1.42. The van der Waals surface area contributed by atoms with Crippen LogP contribution in [0.2, 0.25) is 0 Å². The highest BCUT2D eigenvalue weighted by molar-refractivity contribution is 9.10. The molecule has 0 saturated carbocycles. The Balaban J connectivity index is 2.56. The van der Waals surface area contributed by atoms with Gasteiger partial charge in [-0.25, -0.2) is 0 Å². The first kappa shape index (κ1) is 9.00. The third-order valence-electron chi connectivity index (χ3n) is 1.76. The maximum Gasteiger partial charge on any atom is 0.323 e. The van der Waals surface area contributed by atoms with Gasteiger partial charge < -0.3 is 9.47 Å². The van der Waals surface area contributed by atoms with E-state index < -0.39 is 10.3 Å². The Bertz CT molecular complexity index is 152. The fraction of sp³-hybridized carbons (Fsp3) is 0.714. The van der Waals surface area contributed by atoms with E-state index in [4.69, 9.17) is 11.8 Å². The number of hydrogen-bond acceptors (Lipinski definition) is 3. The van der Waals surface area contributed by atoms with Gasteiger partial charge >= 0.3 is 5.97 Å². The molecule has 0 amide bonds. The lowest BCUT2D eigenvalue weighted by Crippen LogP contribution is -2.38. The summed E-state index contributed by atoms with van der Waals surface area (Å²) in [7, 11) is 4.77. The van der Waals surface area contributed by atoms with E-state index in [1.54, 1.807) is 0 Å². The molecule has 0 aromatic heterocycles. The predicted molar refractivity (Wildman–Crippen MR) is 42.1 cm³/mol. The summed E-state index contributed by atoms with van der Waals surface area (Å²) < 4.78 is 8.62. The molecule has 3 nitrogen and oxygen atoms in total. The molecule has 1 saturated heterocycles. The monoisotopic (exact) mass is 220 g/mol. The molecule has 1 aliphatic rings. The van der Waals surface area contributed by atoms with Crippen molar-refractivity contribution in [3.05, 3.63) is 7.11 Å². The van der Waals surface area contributed by atoms with Crippen molar-refractivity contribution < 1.29 is 14.3 Å². The lowest BCUT2D eigenvalue weighted by Gasteiger charge is -2.28. The number of carbonyl (C=O) groups excluding carboxylic acids is 1. The van der Waals surface area contributed by atoms with Crippen LogP contribution in [0.3, 0.4) is 0 Å². The highest BCUT2D eigenvalue weighted by Gasteiger charge is 2.38. The molecule has 1 heterocycles. The van der Waals surface area contributed by atoms with Gasteiger partial charge in [-0.15, -0.1) is 0 Å². The van der Waals surface area contributed by atoms with Gasteiger partial charge in [0, 0.05) is 13.2 Å². The Morgan fingerprint density at radius 2 is 2.09 bits per heavy atom. The average Bonchev–Trinajstić information content (AvgIpc) is 2.04. The van der Waals surface area contributed by atoms with Crippen LogP contribution in [0.1, 0.15) is 12.8 Å². The number of alkyl halides is 1. The van der Waals surface area contributed by atoms with Crippen molar-refractivity contribution in [2.24, 2.45) is 0 Å². The van der Waals surface area contributed by atoms with E-state index >= 15 is 0 Å². The Morgan fingerprint density at radius 3 is 2.55 bits per heavy atom. The molecule has 0 aliphatic carbocycles. The molecule has 2 radical (unpaired) electrons. The lowest BCUT2D eigenvalue weighted by molar-refractivity contribution is -0.143. The van der Waals surface area contributed by atoms with E-state index in [9.17, 15) is 4.79 Å². The third-order valence-corrected chi connectivity index (χ3v) is 2.87. The van der Waals surface area contributed by atoms with Crippen LogP contribution >= 0.6 is 15.9 Å². The number of hydrogen-bond donors (Lipinski definition) is 0. The Labute approximate surface area is 74.2 Å². The zero-order chi connectivity index (χ0) is 8.32. The molecule has 11 heavy (non-hydrogen) atoms. The number of esters is 1. The highest BCUT2D eigenvalue weighted by Crippen LogP contribution is 2.31. The van der Waals surface area contributed by atoms with Crippen LogP contribution in [-0.4, -0.2) is 23.5 Å². The average molecular weight is 221 g/mol. The van der Waals surface area contributed by atoms with Crippen LogP contribution in [0.25, 0.3) is 0 Å². The SMILES string of the molecule is [CH]OC(=O)C1(Br)CCOCC1. The van der Waals surface area contributed by atoms with E-state index in [1.807, 2.05) is 0 Å². The summed E-state index contributed by atoms with van der Waals surface area (Å²) >= 11 is 3.29. The molecule has 0 aromatic carbocycles. The van der Waals surface area contributed by atoms with Crippen LogP contribution in [-0.2, 0) is 14.3 Å². The van der Waals surface area contributed by atoms with Gasteiger partial charge in [0.2, 0.25) is 0 Å². The topological polar surface area (TPSA) is 35.5 Å². The van der Waals surface area contributed by atoms with Gasteiger partial charge in [-0.05, 0) is 12.8 Å². The summed E-state index contributed by atoms with van der Waals surface area (Å²) in [5, 5.41) is 0. The number of halogens is 1. The first-order valence-corrected chi connectivity index (χ1v) is 4.16. The zero-order valence-electron chi connectivity index (χ0n) is 6.01. The zero-order valence-corrected chi connectivity index (χ0v) is 7.59. The molecule has 0 unspecified atom stereocenters. The van der Waals surface area contributed by atoms with E-state index in [-0.39, 0.29) is 0 Å².